The molecule has 2 N–H and O–H groups in total. The average molecular weight is 351 g/mol. The predicted molar refractivity (Wildman–Crippen MR) is 102 cm³/mol. The summed E-state index contributed by atoms with van der Waals surface area (Å²) in [5.41, 5.74) is 8.53. The molecule has 4 nitrogen and oxygen atoms in total. The van der Waals surface area contributed by atoms with Crippen molar-refractivity contribution < 1.29 is 4.79 Å². The molecule has 128 valence electrons. The van der Waals surface area contributed by atoms with E-state index in [4.69, 9.17) is 5.73 Å². The third-order valence-electron chi connectivity index (χ3n) is 4.84. The summed E-state index contributed by atoms with van der Waals surface area (Å²) in [6.45, 7) is 1.35. The Morgan fingerprint density at radius 1 is 1.12 bits per heavy atom. The summed E-state index contributed by atoms with van der Waals surface area (Å²) < 4.78 is 1.18. The number of fused-ring (bicyclic) bond motifs is 1. The minimum Gasteiger partial charge on any atom is -0.340 e. The van der Waals surface area contributed by atoms with E-state index < -0.39 is 0 Å². The fourth-order valence-corrected chi connectivity index (χ4v) is 4.45. The van der Waals surface area contributed by atoms with Crippen molar-refractivity contribution in [3.63, 3.8) is 0 Å². The second-order valence-electron chi connectivity index (χ2n) is 6.56. The van der Waals surface area contributed by atoms with E-state index >= 15 is 0 Å². The number of carbonyl (C=O) groups is 1. The standard InChI is InChI=1S/C20H21N3OS/c21-16-13-23(12-15(16)14-6-2-1-3-7-14)20(24)11-10-19-22-17-8-4-5-9-18(17)25-19/h1-9,15-16H,10-13,21H2/t15-,16+/m0/s1. The highest BCUT2D eigenvalue weighted by Gasteiger charge is 2.33. The minimum absolute atomic E-state index is 0.00815. The number of amides is 1. The monoisotopic (exact) mass is 351 g/mol. The molecule has 1 amide bonds. The third kappa shape index (κ3) is 3.43. The predicted octanol–water partition coefficient (Wildman–Crippen LogP) is 3.18. The second-order valence-corrected chi connectivity index (χ2v) is 7.67. The van der Waals surface area contributed by atoms with Crippen molar-refractivity contribution in [2.24, 2.45) is 5.73 Å². The summed E-state index contributed by atoms with van der Waals surface area (Å²) in [6, 6.07) is 18.4. The summed E-state index contributed by atoms with van der Waals surface area (Å²) >= 11 is 1.67. The molecule has 3 aromatic rings. The van der Waals surface area contributed by atoms with Crippen LogP contribution in [0.1, 0.15) is 22.9 Å². The molecule has 1 aliphatic heterocycles. The number of benzene rings is 2. The number of likely N-dealkylation sites (tertiary alicyclic amines) is 1. The zero-order chi connectivity index (χ0) is 17.2. The van der Waals surface area contributed by atoms with Crippen LogP contribution in [-0.2, 0) is 11.2 Å². The number of hydrogen-bond acceptors (Lipinski definition) is 4. The highest BCUT2D eigenvalue weighted by Crippen LogP contribution is 2.27. The zero-order valence-corrected chi connectivity index (χ0v) is 14.8. The molecule has 2 atom stereocenters. The van der Waals surface area contributed by atoms with Crippen LogP contribution in [0.5, 0.6) is 0 Å². The number of para-hydroxylation sites is 1. The fourth-order valence-electron chi connectivity index (χ4n) is 3.48. The van der Waals surface area contributed by atoms with Gasteiger partial charge in [0.05, 0.1) is 15.2 Å². The number of hydrogen-bond donors (Lipinski definition) is 1. The van der Waals surface area contributed by atoms with E-state index in [0.717, 1.165) is 10.5 Å². The van der Waals surface area contributed by atoms with Gasteiger partial charge in [0.25, 0.3) is 0 Å². The lowest BCUT2D eigenvalue weighted by Gasteiger charge is -2.16. The first kappa shape index (κ1) is 16.2. The smallest absolute Gasteiger partial charge is 0.223 e. The molecule has 2 heterocycles. The van der Waals surface area contributed by atoms with Gasteiger partial charge >= 0.3 is 0 Å². The Morgan fingerprint density at radius 3 is 2.68 bits per heavy atom. The molecule has 1 aliphatic rings. The quantitative estimate of drug-likeness (QED) is 0.785. The topological polar surface area (TPSA) is 59.2 Å². The highest BCUT2D eigenvalue weighted by atomic mass is 32.1. The first-order valence-electron chi connectivity index (χ1n) is 8.63. The summed E-state index contributed by atoms with van der Waals surface area (Å²) in [4.78, 5) is 19.1. The summed E-state index contributed by atoms with van der Waals surface area (Å²) in [6.07, 6.45) is 1.19. The first-order valence-corrected chi connectivity index (χ1v) is 9.45. The van der Waals surface area contributed by atoms with E-state index in [9.17, 15) is 4.79 Å². The van der Waals surface area contributed by atoms with E-state index in [-0.39, 0.29) is 17.9 Å². The van der Waals surface area contributed by atoms with Crippen molar-refractivity contribution in [3.8, 4) is 0 Å². The SMILES string of the molecule is N[C@@H]1CN(C(=O)CCc2nc3ccccc3s2)C[C@H]1c1ccccc1. The lowest BCUT2D eigenvalue weighted by Crippen LogP contribution is -2.32. The van der Waals surface area contributed by atoms with Crippen LogP contribution in [0.2, 0.25) is 0 Å². The first-order chi connectivity index (χ1) is 12.2. The zero-order valence-electron chi connectivity index (χ0n) is 14.0. The fraction of sp³-hybridized carbons (Fsp3) is 0.300. The van der Waals surface area contributed by atoms with Crippen LogP contribution in [0.4, 0.5) is 0 Å². The van der Waals surface area contributed by atoms with Crippen molar-refractivity contribution in [1.82, 2.24) is 9.88 Å². The van der Waals surface area contributed by atoms with Gasteiger partial charge in [0.15, 0.2) is 0 Å². The van der Waals surface area contributed by atoms with Crippen LogP contribution in [0, 0.1) is 0 Å². The van der Waals surface area contributed by atoms with Gasteiger partial charge in [-0.2, -0.15) is 0 Å². The van der Waals surface area contributed by atoms with E-state index in [0.29, 0.717) is 25.9 Å². The number of carbonyl (C=O) groups excluding carboxylic acids is 1. The molecule has 5 heteroatoms. The molecule has 0 aliphatic carbocycles. The van der Waals surface area contributed by atoms with Crippen molar-refractivity contribution in [2.45, 2.75) is 24.8 Å². The van der Waals surface area contributed by atoms with Crippen molar-refractivity contribution in [1.29, 1.82) is 0 Å². The molecule has 4 rings (SSSR count). The van der Waals surface area contributed by atoms with Gasteiger partial charge in [-0.1, -0.05) is 42.5 Å². The number of nitrogens with two attached hydrogens (primary N) is 1. The van der Waals surface area contributed by atoms with Gasteiger partial charge in [-0.25, -0.2) is 4.98 Å². The van der Waals surface area contributed by atoms with Gasteiger partial charge in [-0.3, -0.25) is 4.79 Å². The Balaban J connectivity index is 1.38. The van der Waals surface area contributed by atoms with Gasteiger partial charge < -0.3 is 10.6 Å². The van der Waals surface area contributed by atoms with Gasteiger partial charge in [0.2, 0.25) is 5.91 Å². The van der Waals surface area contributed by atoms with Gasteiger partial charge in [-0.05, 0) is 17.7 Å². The summed E-state index contributed by atoms with van der Waals surface area (Å²) in [5.74, 6) is 0.403. The summed E-state index contributed by atoms with van der Waals surface area (Å²) in [7, 11) is 0. The molecular formula is C20H21N3OS. The molecule has 0 saturated carbocycles. The lowest BCUT2D eigenvalue weighted by atomic mass is 9.95. The molecule has 0 radical (unpaired) electrons. The Labute approximate surface area is 151 Å². The Kier molecular flexibility index (Phi) is 4.51. The molecule has 2 aromatic carbocycles. The maximum Gasteiger partial charge on any atom is 0.223 e. The molecule has 0 bridgehead atoms. The van der Waals surface area contributed by atoms with E-state index in [1.807, 2.05) is 41.3 Å². The van der Waals surface area contributed by atoms with E-state index in [1.54, 1.807) is 11.3 Å². The van der Waals surface area contributed by atoms with Crippen LogP contribution in [-0.4, -0.2) is 34.9 Å². The van der Waals surface area contributed by atoms with Crippen LogP contribution >= 0.6 is 11.3 Å². The molecule has 1 fully saturated rings. The summed E-state index contributed by atoms with van der Waals surface area (Å²) in [5, 5.41) is 1.03. The molecule has 0 unspecified atom stereocenters. The number of nitrogens with zero attached hydrogens (tertiary/aromatic N) is 2. The van der Waals surface area contributed by atoms with Crippen molar-refractivity contribution >= 4 is 27.5 Å². The largest absolute Gasteiger partial charge is 0.340 e. The number of rotatable bonds is 4. The number of thiazole rings is 1. The maximum absolute atomic E-state index is 12.6. The Hall–Kier alpha value is -2.24. The molecule has 1 saturated heterocycles. The Bertz CT molecular complexity index is 844. The van der Waals surface area contributed by atoms with Crippen LogP contribution in [0.3, 0.4) is 0 Å². The molecular weight excluding hydrogens is 330 g/mol. The number of aromatic nitrogens is 1. The molecule has 1 aromatic heterocycles. The van der Waals surface area contributed by atoms with E-state index in [2.05, 4.69) is 23.2 Å². The van der Waals surface area contributed by atoms with Crippen LogP contribution in [0.25, 0.3) is 10.2 Å². The normalized spacial score (nSPS) is 20.3. The minimum atomic E-state index is 0.00815. The molecule has 25 heavy (non-hydrogen) atoms. The maximum atomic E-state index is 12.6. The Morgan fingerprint density at radius 2 is 1.88 bits per heavy atom. The third-order valence-corrected chi connectivity index (χ3v) is 5.93. The second kappa shape index (κ2) is 6.94. The van der Waals surface area contributed by atoms with Crippen LogP contribution < -0.4 is 5.73 Å². The lowest BCUT2D eigenvalue weighted by molar-refractivity contribution is -0.130. The van der Waals surface area contributed by atoms with Crippen LogP contribution in [0.15, 0.2) is 54.6 Å². The average Bonchev–Trinajstić information content (AvgIpc) is 3.23. The molecule has 0 spiro atoms. The highest BCUT2D eigenvalue weighted by molar-refractivity contribution is 7.18. The number of aryl methyl sites for hydroxylation is 1. The van der Waals surface area contributed by atoms with Gasteiger partial charge in [0, 0.05) is 37.9 Å². The van der Waals surface area contributed by atoms with E-state index in [1.165, 1.54) is 10.3 Å². The van der Waals surface area contributed by atoms with Gasteiger partial charge in [-0.15, -0.1) is 11.3 Å². The van der Waals surface area contributed by atoms with Crippen molar-refractivity contribution in [3.05, 3.63) is 65.2 Å². The van der Waals surface area contributed by atoms with Crippen molar-refractivity contribution in [2.75, 3.05) is 13.1 Å². The van der Waals surface area contributed by atoms with Gasteiger partial charge in [0.1, 0.15) is 0 Å².